The lowest BCUT2D eigenvalue weighted by atomic mass is 10.1. The van der Waals surface area contributed by atoms with E-state index in [1.165, 1.54) is 11.3 Å². The fourth-order valence-electron chi connectivity index (χ4n) is 1.77. The molecule has 0 radical (unpaired) electrons. The lowest BCUT2D eigenvalue weighted by Gasteiger charge is -2.05. The topological polar surface area (TPSA) is 71.1 Å². The predicted molar refractivity (Wildman–Crippen MR) is 83.6 cm³/mol. The molecule has 0 bridgehead atoms. The molecule has 2 amide bonds. The number of carbonyl (C=O) groups excluding carboxylic acids is 2. The van der Waals surface area contributed by atoms with Crippen LogP contribution in [0.4, 0.5) is 5.13 Å². The largest absolute Gasteiger partial charge is 0.352 e. The standard InChI is InChI=1S/C15H17N3O2S/c1-10-4-3-5-12(8-10)14(20)16-7-6-13(19)18-15-17-11(2)9-21-15/h3-5,8-9H,6-7H2,1-2H3,(H,16,20)(H,17,18,19). The van der Waals surface area contributed by atoms with Gasteiger partial charge in [0, 0.05) is 23.9 Å². The first-order valence-electron chi connectivity index (χ1n) is 6.61. The molecule has 110 valence electrons. The van der Waals surface area contributed by atoms with Gasteiger partial charge in [0.05, 0.1) is 5.69 Å². The van der Waals surface area contributed by atoms with Gasteiger partial charge in [-0.2, -0.15) is 0 Å². The van der Waals surface area contributed by atoms with Crippen molar-refractivity contribution in [1.29, 1.82) is 0 Å². The molecule has 5 nitrogen and oxygen atoms in total. The molecule has 0 aliphatic heterocycles. The van der Waals surface area contributed by atoms with Gasteiger partial charge in [-0.3, -0.25) is 9.59 Å². The van der Waals surface area contributed by atoms with Crippen molar-refractivity contribution in [2.45, 2.75) is 20.3 Å². The number of nitrogens with zero attached hydrogens (tertiary/aromatic N) is 1. The maximum absolute atomic E-state index is 11.9. The summed E-state index contributed by atoms with van der Waals surface area (Å²) in [6.07, 6.45) is 0.218. The quantitative estimate of drug-likeness (QED) is 0.891. The van der Waals surface area contributed by atoms with Crippen LogP contribution >= 0.6 is 11.3 Å². The second-order valence-corrected chi connectivity index (χ2v) is 5.58. The van der Waals surface area contributed by atoms with Crippen LogP contribution < -0.4 is 10.6 Å². The van der Waals surface area contributed by atoms with Gasteiger partial charge in [0.1, 0.15) is 0 Å². The van der Waals surface area contributed by atoms with Crippen molar-refractivity contribution >= 4 is 28.3 Å². The van der Waals surface area contributed by atoms with E-state index in [0.717, 1.165) is 11.3 Å². The van der Waals surface area contributed by atoms with E-state index < -0.39 is 0 Å². The van der Waals surface area contributed by atoms with Gasteiger partial charge >= 0.3 is 0 Å². The molecule has 0 aliphatic rings. The molecule has 2 aromatic rings. The van der Waals surface area contributed by atoms with Crippen LogP contribution in [-0.4, -0.2) is 23.3 Å². The van der Waals surface area contributed by atoms with E-state index in [9.17, 15) is 9.59 Å². The van der Waals surface area contributed by atoms with Gasteiger partial charge in [0.2, 0.25) is 5.91 Å². The predicted octanol–water partition coefficient (Wildman–Crippen LogP) is 2.52. The number of carbonyl (C=O) groups is 2. The average molecular weight is 303 g/mol. The van der Waals surface area contributed by atoms with Crippen molar-refractivity contribution in [3.05, 3.63) is 46.5 Å². The Morgan fingerprint density at radius 2 is 2.10 bits per heavy atom. The van der Waals surface area contributed by atoms with E-state index in [1.807, 2.05) is 37.4 Å². The maximum atomic E-state index is 11.9. The number of hydrogen-bond donors (Lipinski definition) is 2. The highest BCUT2D eigenvalue weighted by Crippen LogP contribution is 2.14. The lowest BCUT2D eigenvalue weighted by Crippen LogP contribution is -2.27. The molecular formula is C15H17N3O2S. The van der Waals surface area contributed by atoms with Crippen LogP contribution in [0.2, 0.25) is 0 Å². The number of hydrogen-bond acceptors (Lipinski definition) is 4. The first-order chi connectivity index (χ1) is 10.0. The van der Waals surface area contributed by atoms with Crippen molar-refractivity contribution in [2.75, 3.05) is 11.9 Å². The number of nitrogens with one attached hydrogen (secondary N) is 2. The van der Waals surface area contributed by atoms with Crippen molar-refractivity contribution < 1.29 is 9.59 Å². The highest BCUT2D eigenvalue weighted by atomic mass is 32.1. The summed E-state index contributed by atoms with van der Waals surface area (Å²) in [6.45, 7) is 4.09. The molecule has 0 atom stereocenters. The second-order valence-electron chi connectivity index (χ2n) is 4.72. The Morgan fingerprint density at radius 3 is 2.76 bits per heavy atom. The third-order valence-electron chi connectivity index (χ3n) is 2.78. The maximum Gasteiger partial charge on any atom is 0.251 e. The average Bonchev–Trinajstić information content (AvgIpc) is 2.84. The van der Waals surface area contributed by atoms with Crippen molar-refractivity contribution in [2.24, 2.45) is 0 Å². The summed E-state index contributed by atoms with van der Waals surface area (Å²) in [5.74, 6) is -0.328. The molecule has 0 saturated heterocycles. The molecule has 6 heteroatoms. The van der Waals surface area contributed by atoms with Gasteiger partial charge in [-0.1, -0.05) is 17.7 Å². The molecule has 0 saturated carbocycles. The summed E-state index contributed by atoms with van der Waals surface area (Å²) >= 11 is 1.39. The van der Waals surface area contributed by atoms with E-state index in [1.54, 1.807) is 6.07 Å². The Hall–Kier alpha value is -2.21. The zero-order chi connectivity index (χ0) is 15.2. The van der Waals surface area contributed by atoms with E-state index in [-0.39, 0.29) is 18.2 Å². The Labute approximate surface area is 127 Å². The second kappa shape index (κ2) is 6.99. The molecule has 2 N–H and O–H groups in total. The van der Waals surface area contributed by atoms with Gasteiger partial charge in [-0.25, -0.2) is 4.98 Å². The molecule has 1 aromatic carbocycles. The highest BCUT2D eigenvalue weighted by molar-refractivity contribution is 7.13. The molecule has 0 unspecified atom stereocenters. The molecule has 0 aliphatic carbocycles. The third-order valence-corrected chi connectivity index (χ3v) is 3.66. The van der Waals surface area contributed by atoms with E-state index in [2.05, 4.69) is 15.6 Å². The van der Waals surface area contributed by atoms with E-state index in [0.29, 0.717) is 17.2 Å². The molecule has 21 heavy (non-hydrogen) atoms. The van der Waals surface area contributed by atoms with E-state index in [4.69, 9.17) is 0 Å². The van der Waals surface area contributed by atoms with Crippen LogP contribution in [-0.2, 0) is 4.79 Å². The van der Waals surface area contributed by atoms with Gasteiger partial charge in [-0.05, 0) is 26.0 Å². The van der Waals surface area contributed by atoms with Crippen LogP contribution in [0.15, 0.2) is 29.6 Å². The Morgan fingerprint density at radius 1 is 1.29 bits per heavy atom. The summed E-state index contributed by atoms with van der Waals surface area (Å²) in [6, 6.07) is 7.33. The fraction of sp³-hybridized carbons (Fsp3) is 0.267. The first-order valence-corrected chi connectivity index (χ1v) is 7.49. The molecule has 1 aromatic heterocycles. The van der Waals surface area contributed by atoms with Gasteiger partial charge < -0.3 is 10.6 Å². The summed E-state index contributed by atoms with van der Waals surface area (Å²) in [5, 5.41) is 7.89. The Balaban J connectivity index is 1.76. The zero-order valence-electron chi connectivity index (χ0n) is 12.0. The van der Waals surface area contributed by atoms with Crippen molar-refractivity contribution in [3.63, 3.8) is 0 Å². The Kier molecular flexibility index (Phi) is 5.05. The van der Waals surface area contributed by atoms with Crippen LogP contribution in [0.3, 0.4) is 0 Å². The fourth-order valence-corrected chi connectivity index (χ4v) is 2.48. The van der Waals surface area contributed by atoms with E-state index >= 15 is 0 Å². The Bertz CT molecular complexity index is 652. The van der Waals surface area contributed by atoms with Gasteiger partial charge in [0.15, 0.2) is 5.13 Å². The lowest BCUT2D eigenvalue weighted by molar-refractivity contribution is -0.116. The number of benzene rings is 1. The normalized spacial score (nSPS) is 10.2. The van der Waals surface area contributed by atoms with Gasteiger partial charge in [-0.15, -0.1) is 11.3 Å². The SMILES string of the molecule is Cc1cccc(C(=O)NCCC(=O)Nc2nc(C)cs2)c1. The number of thiazole rings is 1. The van der Waals surface area contributed by atoms with Crippen molar-refractivity contribution in [3.8, 4) is 0 Å². The van der Waals surface area contributed by atoms with Gasteiger partial charge in [0.25, 0.3) is 5.91 Å². The van der Waals surface area contributed by atoms with Crippen LogP contribution in [0.25, 0.3) is 0 Å². The number of aryl methyl sites for hydroxylation is 2. The van der Waals surface area contributed by atoms with Crippen LogP contribution in [0, 0.1) is 13.8 Å². The molecular weight excluding hydrogens is 286 g/mol. The minimum Gasteiger partial charge on any atom is -0.352 e. The minimum atomic E-state index is -0.170. The first kappa shape index (κ1) is 15.2. The summed E-state index contributed by atoms with van der Waals surface area (Å²) in [4.78, 5) is 27.7. The van der Waals surface area contributed by atoms with Crippen LogP contribution in [0.1, 0.15) is 28.0 Å². The summed E-state index contributed by atoms with van der Waals surface area (Å²) in [7, 11) is 0. The summed E-state index contributed by atoms with van der Waals surface area (Å²) < 4.78 is 0. The molecule has 1 heterocycles. The summed E-state index contributed by atoms with van der Waals surface area (Å²) in [5.41, 5.74) is 2.51. The number of rotatable bonds is 5. The monoisotopic (exact) mass is 303 g/mol. The van der Waals surface area contributed by atoms with Crippen LogP contribution in [0.5, 0.6) is 0 Å². The molecule has 2 rings (SSSR count). The third kappa shape index (κ3) is 4.68. The van der Waals surface area contributed by atoms with Crippen molar-refractivity contribution in [1.82, 2.24) is 10.3 Å². The minimum absolute atomic E-state index is 0.158. The number of anilines is 1. The number of aromatic nitrogens is 1. The zero-order valence-corrected chi connectivity index (χ0v) is 12.8. The molecule has 0 spiro atoms. The molecule has 0 fully saturated rings. The smallest absolute Gasteiger partial charge is 0.251 e. The number of amides is 2. The highest BCUT2D eigenvalue weighted by Gasteiger charge is 2.08.